The summed E-state index contributed by atoms with van der Waals surface area (Å²) in [6.45, 7) is 2.61. The molecule has 0 bridgehead atoms. The summed E-state index contributed by atoms with van der Waals surface area (Å²) in [5.74, 6) is 0. The standard InChI is InChI=1S/C13H16N3O.HI/c1-3-16(12-7-5-4-6-8-12)13(17)15-10-9-14(2)11-15;/h4-11H,3H2,1-2H3;1H/q+1;/p-1. The van der Waals surface area contributed by atoms with E-state index in [0.717, 1.165) is 5.69 Å². The number of anilines is 1. The van der Waals surface area contributed by atoms with Gasteiger partial charge >= 0.3 is 6.03 Å². The number of aryl methyl sites for hydroxylation is 1. The average molecular weight is 357 g/mol. The second-order valence-electron chi connectivity index (χ2n) is 3.85. The topological polar surface area (TPSA) is 29.1 Å². The number of aromatic nitrogens is 2. The molecule has 96 valence electrons. The van der Waals surface area contributed by atoms with E-state index < -0.39 is 0 Å². The number of nitrogens with zero attached hydrogens (tertiary/aromatic N) is 3. The zero-order valence-electron chi connectivity index (χ0n) is 10.5. The summed E-state index contributed by atoms with van der Waals surface area (Å²) in [5.41, 5.74) is 0.913. The van der Waals surface area contributed by atoms with Crippen molar-refractivity contribution in [1.29, 1.82) is 0 Å². The molecule has 1 heterocycles. The Bertz CT molecular complexity index is 510. The maximum atomic E-state index is 12.3. The molecular formula is C13H16IN3O. The van der Waals surface area contributed by atoms with Crippen molar-refractivity contribution < 1.29 is 33.3 Å². The van der Waals surface area contributed by atoms with Crippen LogP contribution in [-0.2, 0) is 7.05 Å². The van der Waals surface area contributed by atoms with Crippen molar-refractivity contribution >= 4 is 11.7 Å². The SMILES string of the molecule is CCN(C(=O)n1cc[n+](C)c1)c1ccccc1.[I-]. The van der Waals surface area contributed by atoms with Crippen molar-refractivity contribution in [2.75, 3.05) is 11.4 Å². The maximum Gasteiger partial charge on any atom is 0.420 e. The number of benzene rings is 1. The molecular weight excluding hydrogens is 341 g/mol. The van der Waals surface area contributed by atoms with Gasteiger partial charge in [-0.25, -0.2) is 9.36 Å². The summed E-state index contributed by atoms with van der Waals surface area (Å²) in [7, 11) is 1.89. The van der Waals surface area contributed by atoms with E-state index >= 15 is 0 Å². The van der Waals surface area contributed by atoms with Gasteiger partial charge in [0.1, 0.15) is 12.4 Å². The molecule has 0 N–H and O–H groups in total. The van der Waals surface area contributed by atoms with E-state index in [2.05, 4.69) is 0 Å². The number of rotatable bonds is 2. The Morgan fingerprint density at radius 3 is 2.50 bits per heavy atom. The summed E-state index contributed by atoms with van der Waals surface area (Å²) in [6, 6.07) is 9.63. The van der Waals surface area contributed by atoms with Gasteiger partial charge in [0.05, 0.1) is 7.05 Å². The molecule has 0 saturated heterocycles. The lowest BCUT2D eigenvalue weighted by molar-refractivity contribution is -0.670. The summed E-state index contributed by atoms with van der Waals surface area (Å²) in [5, 5.41) is 0. The second kappa shape index (κ2) is 6.53. The van der Waals surface area contributed by atoms with E-state index in [1.54, 1.807) is 22.0 Å². The van der Waals surface area contributed by atoms with Crippen molar-refractivity contribution in [3.63, 3.8) is 0 Å². The van der Waals surface area contributed by atoms with Crippen LogP contribution in [0.5, 0.6) is 0 Å². The number of imidazole rings is 1. The van der Waals surface area contributed by atoms with Crippen molar-refractivity contribution in [3.8, 4) is 0 Å². The highest BCUT2D eigenvalue weighted by Crippen LogP contribution is 2.13. The fourth-order valence-electron chi connectivity index (χ4n) is 1.74. The molecule has 1 aromatic carbocycles. The smallest absolute Gasteiger partial charge is 0.420 e. The Kier molecular flexibility index (Phi) is 5.33. The molecule has 0 atom stereocenters. The normalized spacial score (nSPS) is 9.67. The van der Waals surface area contributed by atoms with Gasteiger partial charge in [0.2, 0.25) is 0 Å². The lowest BCUT2D eigenvalue weighted by atomic mass is 10.3. The molecule has 2 aromatic rings. The molecule has 5 heteroatoms. The van der Waals surface area contributed by atoms with Gasteiger partial charge in [-0.2, -0.15) is 4.57 Å². The molecule has 1 aromatic heterocycles. The monoisotopic (exact) mass is 357 g/mol. The molecule has 0 radical (unpaired) electrons. The van der Waals surface area contributed by atoms with Crippen LogP contribution in [0.3, 0.4) is 0 Å². The number of carbonyl (C=O) groups excluding carboxylic acids is 1. The van der Waals surface area contributed by atoms with Crippen LogP contribution < -0.4 is 33.4 Å². The van der Waals surface area contributed by atoms with Crippen molar-refractivity contribution in [1.82, 2.24) is 4.57 Å². The molecule has 18 heavy (non-hydrogen) atoms. The maximum absolute atomic E-state index is 12.3. The zero-order valence-corrected chi connectivity index (χ0v) is 12.6. The molecule has 0 saturated carbocycles. The molecule has 0 fully saturated rings. The van der Waals surface area contributed by atoms with Crippen molar-refractivity contribution in [2.45, 2.75) is 6.92 Å². The molecule has 0 aliphatic carbocycles. The second-order valence-corrected chi connectivity index (χ2v) is 3.85. The van der Waals surface area contributed by atoms with E-state index in [4.69, 9.17) is 0 Å². The van der Waals surface area contributed by atoms with E-state index in [9.17, 15) is 4.79 Å². The number of hydrogen-bond donors (Lipinski definition) is 0. The lowest BCUT2D eigenvalue weighted by Gasteiger charge is -2.17. The predicted molar refractivity (Wildman–Crippen MR) is 65.9 cm³/mol. The summed E-state index contributed by atoms with van der Waals surface area (Å²) in [4.78, 5) is 14.0. The van der Waals surface area contributed by atoms with Crippen LogP contribution in [0.1, 0.15) is 6.92 Å². The minimum absolute atomic E-state index is 0. The Hall–Kier alpha value is -1.37. The van der Waals surface area contributed by atoms with Crippen LogP contribution in [0, 0.1) is 0 Å². The van der Waals surface area contributed by atoms with Crippen LogP contribution in [0.4, 0.5) is 10.5 Å². The minimum Gasteiger partial charge on any atom is -1.00 e. The third-order valence-corrected chi connectivity index (χ3v) is 2.60. The highest BCUT2D eigenvalue weighted by Gasteiger charge is 2.20. The first-order valence-electron chi connectivity index (χ1n) is 5.62. The van der Waals surface area contributed by atoms with Gasteiger partial charge in [0.25, 0.3) is 6.33 Å². The summed E-state index contributed by atoms with van der Waals surface area (Å²) < 4.78 is 3.42. The van der Waals surface area contributed by atoms with E-state index in [0.29, 0.717) is 6.54 Å². The summed E-state index contributed by atoms with van der Waals surface area (Å²) >= 11 is 0. The summed E-state index contributed by atoms with van der Waals surface area (Å²) in [6.07, 6.45) is 5.36. The van der Waals surface area contributed by atoms with Crippen LogP contribution in [0.25, 0.3) is 0 Å². The molecule has 0 unspecified atom stereocenters. The first kappa shape index (κ1) is 14.7. The molecule has 4 nitrogen and oxygen atoms in total. The van der Waals surface area contributed by atoms with E-state index in [1.165, 1.54) is 0 Å². The Morgan fingerprint density at radius 2 is 2.00 bits per heavy atom. The largest absolute Gasteiger partial charge is 1.00 e. The number of hydrogen-bond acceptors (Lipinski definition) is 1. The van der Waals surface area contributed by atoms with Crippen LogP contribution in [0.15, 0.2) is 49.1 Å². The van der Waals surface area contributed by atoms with Gasteiger partial charge in [-0.1, -0.05) is 18.2 Å². The number of amides is 1. The molecule has 1 amide bonds. The zero-order chi connectivity index (χ0) is 12.3. The van der Waals surface area contributed by atoms with Crippen molar-refractivity contribution in [3.05, 3.63) is 49.1 Å². The Balaban J connectivity index is 0.00000162. The third-order valence-electron chi connectivity index (χ3n) is 2.60. The van der Waals surface area contributed by atoms with Gasteiger partial charge in [-0.3, -0.25) is 4.90 Å². The van der Waals surface area contributed by atoms with Crippen molar-refractivity contribution in [2.24, 2.45) is 7.05 Å². The molecule has 0 spiro atoms. The number of halogens is 1. The quantitative estimate of drug-likeness (QED) is 0.491. The van der Waals surface area contributed by atoms with Gasteiger partial charge in [-0.15, -0.1) is 0 Å². The fraction of sp³-hybridized carbons (Fsp3) is 0.231. The van der Waals surface area contributed by atoms with Crippen LogP contribution in [-0.4, -0.2) is 17.1 Å². The molecule has 0 aliphatic heterocycles. The van der Waals surface area contributed by atoms with E-state index in [1.807, 2.05) is 55.1 Å². The first-order chi connectivity index (χ1) is 8.22. The van der Waals surface area contributed by atoms with E-state index in [-0.39, 0.29) is 30.0 Å². The average Bonchev–Trinajstić information content (AvgIpc) is 2.78. The van der Waals surface area contributed by atoms with Crippen LogP contribution in [0.2, 0.25) is 0 Å². The van der Waals surface area contributed by atoms with Gasteiger partial charge in [0.15, 0.2) is 0 Å². The molecule has 2 rings (SSSR count). The first-order valence-corrected chi connectivity index (χ1v) is 5.62. The predicted octanol–water partition coefficient (Wildman–Crippen LogP) is -1.19. The highest BCUT2D eigenvalue weighted by molar-refractivity contribution is 5.93. The van der Waals surface area contributed by atoms with Gasteiger partial charge < -0.3 is 24.0 Å². The Morgan fingerprint density at radius 1 is 1.33 bits per heavy atom. The lowest BCUT2D eigenvalue weighted by Crippen LogP contribution is -3.00. The number of carbonyl (C=O) groups is 1. The minimum atomic E-state index is -0.0423. The highest BCUT2D eigenvalue weighted by atomic mass is 127. The van der Waals surface area contributed by atoms with Gasteiger partial charge in [-0.05, 0) is 19.1 Å². The third kappa shape index (κ3) is 3.10. The fourth-order valence-corrected chi connectivity index (χ4v) is 1.74. The molecule has 0 aliphatic rings. The van der Waals surface area contributed by atoms with Gasteiger partial charge in [0, 0.05) is 12.2 Å². The van der Waals surface area contributed by atoms with Crippen LogP contribution >= 0.6 is 0 Å². The Labute approximate surface area is 124 Å². The number of para-hydroxylation sites is 1.